The monoisotopic (exact) mass is 255 g/mol. The van der Waals surface area contributed by atoms with Crippen molar-refractivity contribution in [2.24, 2.45) is 5.92 Å². The number of carboxylic acids is 1. The fourth-order valence-corrected chi connectivity index (χ4v) is 1.70. The number of aromatic nitrogens is 4. The lowest BCUT2D eigenvalue weighted by molar-refractivity contribution is -0.138. The largest absolute Gasteiger partial charge is 0.481 e. The maximum absolute atomic E-state index is 10.7. The van der Waals surface area contributed by atoms with Gasteiger partial charge in [-0.05, 0) is 30.4 Å². The molecule has 7 nitrogen and oxygen atoms in total. The Hall–Kier alpha value is -1.50. The fraction of sp³-hybridized carbons (Fsp3) is 0.818. The van der Waals surface area contributed by atoms with Crippen molar-refractivity contribution < 1.29 is 9.90 Å². The van der Waals surface area contributed by atoms with Crippen LogP contribution < -0.4 is 0 Å². The Morgan fingerprint density at radius 2 is 2.22 bits per heavy atom. The van der Waals surface area contributed by atoms with Gasteiger partial charge in [-0.3, -0.25) is 4.79 Å². The van der Waals surface area contributed by atoms with Gasteiger partial charge in [0.05, 0.1) is 0 Å². The zero-order valence-electron chi connectivity index (χ0n) is 11.2. The van der Waals surface area contributed by atoms with Crippen LogP contribution >= 0.6 is 0 Å². The lowest BCUT2D eigenvalue weighted by Crippen LogP contribution is -2.20. The second-order valence-electron chi connectivity index (χ2n) is 4.70. The smallest absolute Gasteiger partial charge is 0.303 e. The number of tetrazole rings is 1. The summed E-state index contributed by atoms with van der Waals surface area (Å²) in [5, 5.41) is 20.4. The summed E-state index contributed by atoms with van der Waals surface area (Å²) < 4.78 is 1.72. The first kappa shape index (κ1) is 14.6. The highest BCUT2D eigenvalue weighted by Gasteiger charge is 2.15. The predicted molar refractivity (Wildman–Crippen MR) is 66.1 cm³/mol. The minimum Gasteiger partial charge on any atom is -0.481 e. The number of rotatable bonds is 8. The molecule has 0 aliphatic heterocycles. The van der Waals surface area contributed by atoms with Gasteiger partial charge in [0.25, 0.3) is 0 Å². The zero-order chi connectivity index (χ0) is 13.5. The maximum Gasteiger partial charge on any atom is 0.303 e. The van der Waals surface area contributed by atoms with Crippen molar-refractivity contribution in [2.45, 2.75) is 32.7 Å². The Morgan fingerprint density at radius 1 is 1.50 bits per heavy atom. The van der Waals surface area contributed by atoms with Gasteiger partial charge in [0, 0.05) is 25.9 Å². The Kier molecular flexibility index (Phi) is 5.70. The van der Waals surface area contributed by atoms with Crippen LogP contribution in [0.25, 0.3) is 0 Å². The Labute approximate surface area is 107 Å². The van der Waals surface area contributed by atoms with Gasteiger partial charge in [-0.15, -0.1) is 5.10 Å². The molecule has 0 saturated carbocycles. The molecule has 1 unspecified atom stereocenters. The van der Waals surface area contributed by atoms with Gasteiger partial charge >= 0.3 is 5.97 Å². The van der Waals surface area contributed by atoms with E-state index < -0.39 is 5.97 Å². The number of aliphatic carboxylic acids is 1. The molecular weight excluding hydrogens is 234 g/mol. The fourth-order valence-electron chi connectivity index (χ4n) is 1.70. The number of likely N-dealkylation sites (N-methyl/N-ethyl adjacent to an activating group) is 1. The lowest BCUT2D eigenvalue weighted by atomic mass is 10.0. The molecule has 0 amide bonds. The summed E-state index contributed by atoms with van der Waals surface area (Å²) in [5.41, 5.74) is 0. The van der Waals surface area contributed by atoms with Crippen molar-refractivity contribution in [2.75, 3.05) is 20.6 Å². The normalized spacial score (nSPS) is 12.9. The molecule has 0 fully saturated rings. The molecule has 0 aromatic carbocycles. The topological polar surface area (TPSA) is 84.1 Å². The van der Waals surface area contributed by atoms with Crippen LogP contribution in [0.4, 0.5) is 0 Å². The van der Waals surface area contributed by atoms with Crippen LogP contribution in [-0.2, 0) is 17.8 Å². The van der Waals surface area contributed by atoms with Crippen molar-refractivity contribution in [1.29, 1.82) is 0 Å². The van der Waals surface area contributed by atoms with E-state index in [0.29, 0.717) is 6.54 Å². The Balaban J connectivity index is 2.60. The summed E-state index contributed by atoms with van der Waals surface area (Å²) in [6, 6.07) is 0. The van der Waals surface area contributed by atoms with Crippen LogP contribution in [0.2, 0.25) is 0 Å². The first-order valence-corrected chi connectivity index (χ1v) is 6.14. The number of nitrogens with zero attached hydrogens (tertiary/aromatic N) is 5. The van der Waals surface area contributed by atoms with Gasteiger partial charge in [-0.1, -0.05) is 13.3 Å². The SMILES string of the molecule is CCC(CC(=O)O)Cn1nnnc1CCN(C)C. The Bertz CT molecular complexity index is 377. The molecule has 1 N–H and O–H groups in total. The molecule has 0 spiro atoms. The average Bonchev–Trinajstić information content (AvgIpc) is 2.72. The van der Waals surface area contributed by atoms with E-state index in [9.17, 15) is 4.79 Å². The summed E-state index contributed by atoms with van der Waals surface area (Å²) in [4.78, 5) is 12.8. The van der Waals surface area contributed by atoms with E-state index >= 15 is 0 Å². The van der Waals surface area contributed by atoms with E-state index in [1.807, 2.05) is 21.0 Å². The van der Waals surface area contributed by atoms with E-state index in [1.54, 1.807) is 4.68 Å². The van der Waals surface area contributed by atoms with Gasteiger partial charge in [-0.25, -0.2) is 4.68 Å². The van der Waals surface area contributed by atoms with Gasteiger partial charge in [0.15, 0.2) is 5.82 Å². The highest BCUT2D eigenvalue weighted by Crippen LogP contribution is 2.11. The van der Waals surface area contributed by atoms with Crippen LogP contribution in [0.5, 0.6) is 0 Å². The van der Waals surface area contributed by atoms with E-state index in [-0.39, 0.29) is 12.3 Å². The molecular formula is C11H21N5O2. The zero-order valence-corrected chi connectivity index (χ0v) is 11.2. The first-order chi connectivity index (χ1) is 8.52. The molecule has 1 aromatic rings. The molecule has 0 aliphatic carbocycles. The maximum atomic E-state index is 10.7. The summed E-state index contributed by atoms with van der Waals surface area (Å²) in [7, 11) is 3.99. The third-order valence-electron chi connectivity index (χ3n) is 2.86. The molecule has 1 rings (SSSR count). The first-order valence-electron chi connectivity index (χ1n) is 6.14. The quantitative estimate of drug-likeness (QED) is 0.718. The minimum absolute atomic E-state index is 0.0732. The van der Waals surface area contributed by atoms with Crippen molar-refractivity contribution in [3.63, 3.8) is 0 Å². The molecule has 0 radical (unpaired) electrons. The molecule has 0 aliphatic rings. The Morgan fingerprint density at radius 3 is 2.78 bits per heavy atom. The van der Waals surface area contributed by atoms with Crippen molar-refractivity contribution in [1.82, 2.24) is 25.1 Å². The summed E-state index contributed by atoms with van der Waals surface area (Å²) in [6.07, 6.45) is 1.73. The molecule has 102 valence electrons. The third-order valence-corrected chi connectivity index (χ3v) is 2.86. The van der Waals surface area contributed by atoms with E-state index in [4.69, 9.17) is 5.11 Å². The number of hydrogen-bond donors (Lipinski definition) is 1. The molecule has 7 heteroatoms. The van der Waals surface area contributed by atoms with E-state index in [1.165, 1.54) is 0 Å². The number of carboxylic acid groups (broad SMARTS) is 1. The summed E-state index contributed by atoms with van der Waals surface area (Å²) in [6.45, 7) is 3.42. The molecule has 0 bridgehead atoms. The lowest BCUT2D eigenvalue weighted by Gasteiger charge is -2.14. The van der Waals surface area contributed by atoms with Crippen LogP contribution in [0.15, 0.2) is 0 Å². The van der Waals surface area contributed by atoms with Crippen molar-refractivity contribution in [3.05, 3.63) is 5.82 Å². The summed E-state index contributed by atoms with van der Waals surface area (Å²) in [5.74, 6) is 0.112. The van der Waals surface area contributed by atoms with Crippen molar-refractivity contribution >= 4 is 5.97 Å². The number of carbonyl (C=O) groups is 1. The molecule has 1 aromatic heterocycles. The van der Waals surface area contributed by atoms with Gasteiger partial charge < -0.3 is 10.0 Å². The highest BCUT2D eigenvalue weighted by atomic mass is 16.4. The average molecular weight is 255 g/mol. The van der Waals surface area contributed by atoms with Crippen LogP contribution in [0.1, 0.15) is 25.6 Å². The highest BCUT2D eigenvalue weighted by molar-refractivity contribution is 5.66. The van der Waals surface area contributed by atoms with Crippen molar-refractivity contribution in [3.8, 4) is 0 Å². The second kappa shape index (κ2) is 7.05. The van der Waals surface area contributed by atoms with Gasteiger partial charge in [-0.2, -0.15) is 0 Å². The molecule has 1 heterocycles. The standard InChI is InChI=1S/C11H21N5O2/c1-4-9(7-11(17)18)8-16-10(12-13-14-16)5-6-15(2)3/h9H,4-8H2,1-3H3,(H,17,18). The molecule has 0 saturated heterocycles. The third kappa shape index (κ3) is 4.79. The van der Waals surface area contributed by atoms with Crippen LogP contribution in [-0.4, -0.2) is 56.8 Å². The minimum atomic E-state index is -0.773. The molecule has 18 heavy (non-hydrogen) atoms. The van der Waals surface area contributed by atoms with Gasteiger partial charge in [0.2, 0.25) is 0 Å². The molecule has 1 atom stereocenters. The van der Waals surface area contributed by atoms with E-state index in [0.717, 1.165) is 25.2 Å². The second-order valence-corrected chi connectivity index (χ2v) is 4.70. The van der Waals surface area contributed by atoms with Crippen LogP contribution in [0.3, 0.4) is 0 Å². The predicted octanol–water partition coefficient (Wildman–Crippen LogP) is 0.278. The van der Waals surface area contributed by atoms with Gasteiger partial charge in [0.1, 0.15) is 0 Å². The van der Waals surface area contributed by atoms with Crippen LogP contribution in [0, 0.1) is 5.92 Å². The summed E-state index contributed by atoms with van der Waals surface area (Å²) >= 11 is 0. The number of hydrogen-bond acceptors (Lipinski definition) is 5. The van der Waals surface area contributed by atoms with E-state index in [2.05, 4.69) is 20.4 Å².